The van der Waals surface area contributed by atoms with Gasteiger partial charge >= 0.3 is 0 Å². The molecule has 0 saturated heterocycles. The zero-order chi connectivity index (χ0) is 18.9. The van der Waals surface area contributed by atoms with Crippen molar-refractivity contribution in [2.45, 2.75) is 25.9 Å². The Morgan fingerprint density at radius 3 is 2.62 bits per heavy atom. The number of halogens is 3. The summed E-state index contributed by atoms with van der Waals surface area (Å²) < 4.78 is 3.19. The van der Waals surface area contributed by atoms with Crippen molar-refractivity contribution in [3.63, 3.8) is 0 Å². The number of amides is 1. The Bertz CT molecular complexity index is 948. The molecule has 3 rings (SSSR count). The first-order valence-corrected chi connectivity index (χ1v) is 8.88. The number of carbonyl (C=O) groups is 1. The predicted octanol–water partition coefficient (Wildman–Crippen LogP) is 4.46. The maximum Gasteiger partial charge on any atom is 0.252 e. The molecule has 136 valence electrons. The van der Waals surface area contributed by atoms with Crippen LogP contribution >= 0.6 is 34.8 Å². The highest BCUT2D eigenvalue weighted by Crippen LogP contribution is 2.22. The lowest BCUT2D eigenvalue weighted by molar-refractivity contribution is -0.123. The van der Waals surface area contributed by atoms with Crippen molar-refractivity contribution in [2.24, 2.45) is 0 Å². The van der Waals surface area contributed by atoms with E-state index in [1.54, 1.807) is 49.1 Å². The van der Waals surface area contributed by atoms with Crippen LogP contribution in [0.4, 0.5) is 5.82 Å². The first-order chi connectivity index (χ1) is 12.3. The van der Waals surface area contributed by atoms with Crippen LogP contribution in [0.25, 0.3) is 0 Å². The van der Waals surface area contributed by atoms with Gasteiger partial charge in [0.05, 0.1) is 17.8 Å². The number of aromatic nitrogens is 4. The van der Waals surface area contributed by atoms with Gasteiger partial charge in [0.25, 0.3) is 5.91 Å². The second kappa shape index (κ2) is 7.31. The van der Waals surface area contributed by atoms with Crippen LogP contribution in [0.2, 0.25) is 15.1 Å². The minimum atomic E-state index is -0.920. The maximum atomic E-state index is 12.6. The van der Waals surface area contributed by atoms with Crippen LogP contribution in [0.5, 0.6) is 0 Å². The number of nitrogens with one attached hydrogen (secondary N) is 1. The van der Waals surface area contributed by atoms with E-state index in [4.69, 9.17) is 34.8 Å². The van der Waals surface area contributed by atoms with Crippen LogP contribution in [0.1, 0.15) is 19.4 Å². The van der Waals surface area contributed by atoms with E-state index in [1.807, 2.05) is 6.07 Å². The number of nitrogens with zero attached hydrogens (tertiary/aromatic N) is 4. The molecule has 0 saturated carbocycles. The topological polar surface area (TPSA) is 64.7 Å². The summed E-state index contributed by atoms with van der Waals surface area (Å²) in [6.07, 6.45) is 4.85. The van der Waals surface area contributed by atoms with Gasteiger partial charge in [0.15, 0.2) is 5.82 Å². The Hall–Kier alpha value is -2.02. The molecule has 9 heteroatoms. The second-order valence-corrected chi connectivity index (χ2v) is 7.53. The average Bonchev–Trinajstić information content (AvgIpc) is 3.19. The van der Waals surface area contributed by atoms with E-state index in [0.717, 1.165) is 5.56 Å². The van der Waals surface area contributed by atoms with Crippen LogP contribution < -0.4 is 5.32 Å². The number of carbonyl (C=O) groups excluding carboxylic acids is 1. The molecule has 3 aromatic rings. The summed E-state index contributed by atoms with van der Waals surface area (Å²) in [6.45, 7) is 3.95. The fourth-order valence-electron chi connectivity index (χ4n) is 2.32. The summed E-state index contributed by atoms with van der Waals surface area (Å²) in [5.41, 5.74) is -0.0419. The number of hydrogen-bond acceptors (Lipinski definition) is 3. The minimum absolute atomic E-state index is 0.257. The highest BCUT2D eigenvalue weighted by molar-refractivity contribution is 6.35. The van der Waals surface area contributed by atoms with Crippen LogP contribution in [0.3, 0.4) is 0 Å². The van der Waals surface area contributed by atoms with Crippen LogP contribution in [0, 0.1) is 0 Å². The Morgan fingerprint density at radius 2 is 1.96 bits per heavy atom. The molecule has 2 aromatic heterocycles. The summed E-state index contributed by atoms with van der Waals surface area (Å²) in [5.74, 6) is 0.179. The quantitative estimate of drug-likeness (QED) is 0.673. The summed E-state index contributed by atoms with van der Waals surface area (Å²) in [6, 6.07) is 7.01. The molecule has 0 aliphatic heterocycles. The van der Waals surface area contributed by atoms with E-state index >= 15 is 0 Å². The SMILES string of the molecule is CC(C)(C(=O)Nc1ccn(Cc2ccc(Cl)cc2Cl)n1)n1cc(Cl)cn1. The molecular formula is C17H16Cl3N5O. The highest BCUT2D eigenvalue weighted by Gasteiger charge is 2.31. The number of hydrogen-bond donors (Lipinski definition) is 1. The van der Waals surface area contributed by atoms with Crippen LogP contribution in [-0.4, -0.2) is 25.5 Å². The van der Waals surface area contributed by atoms with Gasteiger partial charge in [-0.2, -0.15) is 10.2 Å². The van der Waals surface area contributed by atoms with Crippen molar-refractivity contribution in [1.82, 2.24) is 19.6 Å². The van der Waals surface area contributed by atoms with Gasteiger partial charge in [-0.15, -0.1) is 0 Å². The molecule has 0 radical (unpaired) electrons. The number of rotatable bonds is 5. The summed E-state index contributed by atoms with van der Waals surface area (Å²) in [5, 5.41) is 12.9. The number of anilines is 1. The van der Waals surface area contributed by atoms with E-state index in [2.05, 4.69) is 15.5 Å². The molecule has 2 heterocycles. The van der Waals surface area contributed by atoms with Crippen molar-refractivity contribution in [3.8, 4) is 0 Å². The fraction of sp³-hybridized carbons (Fsp3) is 0.235. The largest absolute Gasteiger partial charge is 0.307 e. The van der Waals surface area contributed by atoms with Gasteiger partial charge in [-0.3, -0.25) is 14.2 Å². The zero-order valence-electron chi connectivity index (χ0n) is 14.1. The van der Waals surface area contributed by atoms with Crippen LogP contribution in [0.15, 0.2) is 42.9 Å². The van der Waals surface area contributed by atoms with Crippen molar-refractivity contribution in [1.29, 1.82) is 0 Å². The molecule has 1 N–H and O–H groups in total. The second-order valence-electron chi connectivity index (χ2n) is 6.25. The standard InChI is InChI=1S/C17H16Cl3N5O/c1-17(2,25-10-13(19)8-21-25)16(26)22-15-5-6-24(23-15)9-11-3-4-12(18)7-14(11)20/h3-8,10H,9H2,1-2H3,(H,22,23,26). The van der Waals surface area contributed by atoms with E-state index in [0.29, 0.717) is 27.4 Å². The van der Waals surface area contributed by atoms with Gasteiger partial charge in [0.1, 0.15) is 5.54 Å². The lowest BCUT2D eigenvalue weighted by Crippen LogP contribution is -2.40. The molecule has 0 fully saturated rings. The van der Waals surface area contributed by atoms with E-state index in [9.17, 15) is 4.79 Å². The Kier molecular flexibility index (Phi) is 5.27. The van der Waals surface area contributed by atoms with Crippen molar-refractivity contribution >= 4 is 46.5 Å². The van der Waals surface area contributed by atoms with Crippen LogP contribution in [-0.2, 0) is 16.9 Å². The molecule has 0 aliphatic rings. The minimum Gasteiger partial charge on any atom is -0.307 e. The molecule has 0 unspecified atom stereocenters. The highest BCUT2D eigenvalue weighted by atomic mass is 35.5. The molecule has 26 heavy (non-hydrogen) atoms. The molecule has 0 atom stereocenters. The van der Waals surface area contributed by atoms with Gasteiger partial charge in [-0.05, 0) is 31.5 Å². The first-order valence-electron chi connectivity index (χ1n) is 7.75. The third-order valence-corrected chi connectivity index (χ3v) is 4.69. The Morgan fingerprint density at radius 1 is 1.19 bits per heavy atom. The van der Waals surface area contributed by atoms with Gasteiger partial charge < -0.3 is 5.32 Å². The molecule has 0 spiro atoms. The van der Waals surface area contributed by atoms with E-state index in [-0.39, 0.29) is 5.91 Å². The van der Waals surface area contributed by atoms with Crippen molar-refractivity contribution in [2.75, 3.05) is 5.32 Å². The number of benzene rings is 1. The zero-order valence-corrected chi connectivity index (χ0v) is 16.3. The third-order valence-electron chi connectivity index (χ3n) is 3.91. The average molecular weight is 413 g/mol. The smallest absolute Gasteiger partial charge is 0.252 e. The van der Waals surface area contributed by atoms with Gasteiger partial charge in [-0.25, -0.2) is 0 Å². The molecular weight excluding hydrogens is 397 g/mol. The molecule has 0 bridgehead atoms. The maximum absolute atomic E-state index is 12.6. The molecule has 1 amide bonds. The van der Waals surface area contributed by atoms with Gasteiger partial charge in [-0.1, -0.05) is 40.9 Å². The fourth-order valence-corrected chi connectivity index (χ4v) is 2.93. The normalized spacial score (nSPS) is 11.6. The summed E-state index contributed by atoms with van der Waals surface area (Å²) in [7, 11) is 0. The van der Waals surface area contributed by atoms with Gasteiger partial charge in [0, 0.05) is 28.5 Å². The summed E-state index contributed by atoms with van der Waals surface area (Å²) >= 11 is 18.0. The Labute approximate surface area is 165 Å². The molecule has 6 nitrogen and oxygen atoms in total. The first kappa shape index (κ1) is 18.8. The monoisotopic (exact) mass is 411 g/mol. The van der Waals surface area contributed by atoms with Crippen molar-refractivity contribution < 1.29 is 4.79 Å². The lowest BCUT2D eigenvalue weighted by Gasteiger charge is -2.23. The lowest BCUT2D eigenvalue weighted by atomic mass is 10.1. The predicted molar refractivity (Wildman–Crippen MR) is 103 cm³/mol. The molecule has 1 aromatic carbocycles. The molecule has 0 aliphatic carbocycles. The third kappa shape index (κ3) is 4.03. The van der Waals surface area contributed by atoms with E-state index in [1.165, 1.54) is 10.9 Å². The van der Waals surface area contributed by atoms with Crippen molar-refractivity contribution in [3.05, 3.63) is 63.5 Å². The summed E-state index contributed by atoms with van der Waals surface area (Å²) in [4.78, 5) is 12.6. The Balaban J connectivity index is 1.71. The van der Waals surface area contributed by atoms with E-state index < -0.39 is 5.54 Å². The van der Waals surface area contributed by atoms with Gasteiger partial charge in [0.2, 0.25) is 0 Å².